The Bertz CT molecular complexity index is 924. The Morgan fingerprint density at radius 2 is 1.72 bits per heavy atom. The molecule has 3 unspecified atom stereocenters. The van der Waals surface area contributed by atoms with Crippen LogP contribution in [0, 0.1) is 22.7 Å². The number of methoxy groups -OCH3 is 1. The van der Waals surface area contributed by atoms with Crippen molar-refractivity contribution in [3.05, 3.63) is 60.2 Å². The van der Waals surface area contributed by atoms with Gasteiger partial charge in [0, 0.05) is 12.6 Å². The van der Waals surface area contributed by atoms with Gasteiger partial charge < -0.3 is 4.74 Å². The first-order chi connectivity index (χ1) is 13.9. The normalized spacial score (nSPS) is 32.6. The fourth-order valence-corrected chi connectivity index (χ4v) is 6.49. The van der Waals surface area contributed by atoms with Crippen molar-refractivity contribution < 1.29 is 9.53 Å². The molecule has 4 heteroatoms. The van der Waals surface area contributed by atoms with E-state index in [9.17, 15) is 4.79 Å². The van der Waals surface area contributed by atoms with Crippen molar-refractivity contribution in [2.24, 2.45) is 22.7 Å². The standard InChI is InChI=1S/C25H30N2O2/c1-24(2)20-14-15-25(24,3)22-21(20)23(28)27(18-10-12-19(29-4)13-11-18)26(22)16-17-8-6-5-7-9-17/h5-13,20-22H,14-16H2,1-4H3/t20?,21?,22?,25-/m0/s1. The third-order valence-corrected chi connectivity index (χ3v) is 8.38. The van der Waals surface area contributed by atoms with Crippen LogP contribution in [0.4, 0.5) is 5.69 Å². The van der Waals surface area contributed by atoms with E-state index in [4.69, 9.17) is 4.74 Å². The van der Waals surface area contributed by atoms with Crippen molar-refractivity contribution >= 4 is 11.6 Å². The molecule has 3 aliphatic rings. The van der Waals surface area contributed by atoms with Gasteiger partial charge in [0.15, 0.2) is 0 Å². The molecule has 0 radical (unpaired) electrons. The molecule has 0 spiro atoms. The summed E-state index contributed by atoms with van der Waals surface area (Å²) < 4.78 is 5.33. The lowest BCUT2D eigenvalue weighted by Gasteiger charge is -2.44. The molecule has 152 valence electrons. The van der Waals surface area contributed by atoms with E-state index < -0.39 is 0 Å². The number of hydrogen-bond acceptors (Lipinski definition) is 3. The molecule has 4 nitrogen and oxygen atoms in total. The summed E-state index contributed by atoms with van der Waals surface area (Å²) >= 11 is 0. The SMILES string of the molecule is COc1ccc(N2C(=O)C3C4CC[C@@](C)(C3N2Cc2ccccc2)C4(C)C)cc1. The minimum absolute atomic E-state index is 0.0783. The molecule has 4 atom stereocenters. The smallest absolute Gasteiger partial charge is 0.246 e. The highest BCUT2D eigenvalue weighted by Gasteiger charge is 2.73. The minimum atomic E-state index is 0.0783. The number of ether oxygens (including phenoxy) is 1. The molecule has 29 heavy (non-hydrogen) atoms. The first kappa shape index (κ1) is 18.7. The third kappa shape index (κ3) is 2.45. The van der Waals surface area contributed by atoms with Gasteiger partial charge >= 0.3 is 0 Å². The van der Waals surface area contributed by atoms with Gasteiger partial charge in [0.25, 0.3) is 0 Å². The van der Waals surface area contributed by atoms with Crippen LogP contribution in [0.5, 0.6) is 5.75 Å². The first-order valence-electron chi connectivity index (χ1n) is 10.7. The van der Waals surface area contributed by atoms with Crippen molar-refractivity contribution in [1.29, 1.82) is 0 Å². The van der Waals surface area contributed by atoms with Crippen molar-refractivity contribution in [3.63, 3.8) is 0 Å². The molecule has 2 aliphatic carbocycles. The second-order valence-corrected chi connectivity index (χ2v) is 9.69. The summed E-state index contributed by atoms with van der Waals surface area (Å²) in [5, 5.41) is 4.33. The van der Waals surface area contributed by atoms with Gasteiger partial charge in [0.2, 0.25) is 5.91 Å². The Kier molecular flexibility index (Phi) is 4.08. The highest BCUT2D eigenvalue weighted by atomic mass is 16.5. The fourth-order valence-electron chi connectivity index (χ4n) is 6.49. The molecule has 1 aliphatic heterocycles. The maximum absolute atomic E-state index is 13.8. The number of carbonyl (C=O) groups is 1. The maximum Gasteiger partial charge on any atom is 0.246 e. The Balaban J connectivity index is 1.60. The molecule has 1 amide bonds. The monoisotopic (exact) mass is 390 g/mol. The lowest BCUT2D eigenvalue weighted by molar-refractivity contribution is -0.122. The van der Waals surface area contributed by atoms with Gasteiger partial charge in [0.05, 0.1) is 18.7 Å². The van der Waals surface area contributed by atoms with Crippen LogP contribution in [0.25, 0.3) is 0 Å². The predicted molar refractivity (Wildman–Crippen MR) is 114 cm³/mol. The van der Waals surface area contributed by atoms with Crippen molar-refractivity contribution in [2.45, 2.75) is 46.2 Å². The largest absolute Gasteiger partial charge is 0.497 e. The molecule has 3 fully saturated rings. The van der Waals surface area contributed by atoms with E-state index in [1.165, 1.54) is 12.0 Å². The van der Waals surface area contributed by atoms with E-state index in [1.807, 2.05) is 35.3 Å². The van der Waals surface area contributed by atoms with Crippen molar-refractivity contribution in [2.75, 3.05) is 12.1 Å². The molecule has 5 rings (SSSR count). The maximum atomic E-state index is 13.8. The number of amides is 1. The average Bonchev–Trinajstić information content (AvgIpc) is 3.21. The lowest BCUT2D eigenvalue weighted by Crippen LogP contribution is -2.50. The topological polar surface area (TPSA) is 32.8 Å². The van der Waals surface area contributed by atoms with E-state index in [2.05, 4.69) is 50.0 Å². The number of hydrazine groups is 1. The quantitative estimate of drug-likeness (QED) is 0.744. The number of fused-ring (bicyclic) bond motifs is 5. The summed E-state index contributed by atoms with van der Waals surface area (Å²) in [7, 11) is 1.67. The van der Waals surface area contributed by atoms with Gasteiger partial charge in [-0.25, -0.2) is 10.0 Å². The van der Waals surface area contributed by atoms with E-state index in [0.29, 0.717) is 5.92 Å². The van der Waals surface area contributed by atoms with E-state index in [1.54, 1.807) is 7.11 Å². The number of anilines is 1. The van der Waals surface area contributed by atoms with E-state index >= 15 is 0 Å². The minimum Gasteiger partial charge on any atom is -0.497 e. The van der Waals surface area contributed by atoms with Gasteiger partial charge in [0.1, 0.15) is 5.75 Å². The predicted octanol–water partition coefficient (Wildman–Crippen LogP) is 4.90. The second kappa shape index (κ2) is 6.33. The second-order valence-electron chi connectivity index (χ2n) is 9.69. The lowest BCUT2D eigenvalue weighted by atomic mass is 9.69. The molecule has 0 aromatic heterocycles. The zero-order valence-electron chi connectivity index (χ0n) is 17.8. The highest BCUT2D eigenvalue weighted by Crippen LogP contribution is 2.71. The van der Waals surface area contributed by atoms with E-state index in [-0.39, 0.29) is 28.7 Å². The van der Waals surface area contributed by atoms with Crippen LogP contribution < -0.4 is 9.75 Å². The van der Waals surface area contributed by atoms with Gasteiger partial charge in [-0.05, 0) is 59.4 Å². The molecule has 2 aromatic carbocycles. The number of carbonyl (C=O) groups excluding carboxylic acids is 1. The summed E-state index contributed by atoms with van der Waals surface area (Å²) in [4.78, 5) is 13.8. The number of hydrogen-bond donors (Lipinski definition) is 0. The Morgan fingerprint density at radius 3 is 2.38 bits per heavy atom. The fraction of sp³-hybridized carbons (Fsp3) is 0.480. The Hall–Kier alpha value is -2.33. The Labute approximate surface area is 173 Å². The summed E-state index contributed by atoms with van der Waals surface area (Å²) in [6.07, 6.45) is 2.35. The zero-order valence-corrected chi connectivity index (χ0v) is 17.8. The van der Waals surface area contributed by atoms with E-state index in [0.717, 1.165) is 24.4 Å². The van der Waals surface area contributed by atoms with Crippen molar-refractivity contribution in [3.8, 4) is 5.75 Å². The van der Waals surface area contributed by atoms with Crippen LogP contribution in [0.2, 0.25) is 0 Å². The summed E-state index contributed by atoms with van der Waals surface area (Å²) in [5.41, 5.74) is 2.48. The van der Waals surface area contributed by atoms with Gasteiger partial charge in [-0.1, -0.05) is 51.1 Å². The van der Waals surface area contributed by atoms with Crippen molar-refractivity contribution in [1.82, 2.24) is 5.01 Å². The highest BCUT2D eigenvalue weighted by molar-refractivity contribution is 5.98. The van der Waals surface area contributed by atoms with Crippen LogP contribution in [-0.2, 0) is 11.3 Å². The van der Waals surface area contributed by atoms with Crippen LogP contribution in [0.15, 0.2) is 54.6 Å². The van der Waals surface area contributed by atoms with Gasteiger partial charge in [-0.2, -0.15) is 0 Å². The molecule has 2 aromatic rings. The molecular weight excluding hydrogens is 360 g/mol. The van der Waals surface area contributed by atoms with Crippen LogP contribution >= 0.6 is 0 Å². The summed E-state index contributed by atoms with van der Waals surface area (Å²) in [6, 6.07) is 18.7. The first-order valence-corrected chi connectivity index (χ1v) is 10.7. The molecule has 0 N–H and O–H groups in total. The third-order valence-electron chi connectivity index (χ3n) is 8.38. The van der Waals surface area contributed by atoms with Crippen LogP contribution in [0.3, 0.4) is 0 Å². The van der Waals surface area contributed by atoms with Gasteiger partial charge in [-0.3, -0.25) is 4.79 Å². The number of rotatable bonds is 4. The number of nitrogens with zero attached hydrogens (tertiary/aromatic N) is 2. The number of benzene rings is 2. The van der Waals surface area contributed by atoms with Crippen LogP contribution in [-0.4, -0.2) is 24.1 Å². The molecule has 1 heterocycles. The molecule has 1 saturated heterocycles. The van der Waals surface area contributed by atoms with Crippen LogP contribution in [0.1, 0.15) is 39.2 Å². The zero-order chi connectivity index (χ0) is 20.4. The summed E-state index contributed by atoms with van der Waals surface area (Å²) in [6.45, 7) is 7.93. The molecule has 2 bridgehead atoms. The average molecular weight is 391 g/mol. The molecule has 2 saturated carbocycles. The summed E-state index contributed by atoms with van der Waals surface area (Å²) in [5.74, 6) is 1.60. The Morgan fingerprint density at radius 1 is 1.03 bits per heavy atom. The van der Waals surface area contributed by atoms with Gasteiger partial charge in [-0.15, -0.1) is 0 Å². The molecular formula is C25H30N2O2.